The van der Waals surface area contributed by atoms with Gasteiger partial charge in [-0.25, -0.2) is 0 Å². The van der Waals surface area contributed by atoms with Crippen LogP contribution in [0, 0.1) is 11.3 Å². The monoisotopic (exact) mass is 237 g/mol. The molecule has 2 fully saturated rings. The Labute approximate surface area is 104 Å². The van der Waals surface area contributed by atoms with E-state index in [1.165, 1.54) is 32.2 Å². The lowest BCUT2D eigenvalue weighted by Crippen LogP contribution is -2.46. The molecule has 2 saturated heterocycles. The van der Waals surface area contributed by atoms with Crippen LogP contribution in [0.4, 0.5) is 0 Å². The zero-order chi connectivity index (χ0) is 11.9. The molecule has 0 spiro atoms. The highest BCUT2D eigenvalue weighted by molar-refractivity contribution is 4.81. The number of nitrogens with zero attached hydrogens (tertiary/aromatic N) is 3. The van der Waals surface area contributed by atoms with Crippen molar-refractivity contribution >= 4 is 0 Å². The molecule has 2 heterocycles. The van der Waals surface area contributed by atoms with Crippen molar-refractivity contribution in [3.8, 4) is 6.07 Å². The summed E-state index contributed by atoms with van der Waals surface area (Å²) >= 11 is 0. The summed E-state index contributed by atoms with van der Waals surface area (Å²) in [5.74, 6) is 0. The maximum Gasteiger partial charge on any atom is 0.0866 e. The van der Waals surface area contributed by atoms with Crippen LogP contribution in [-0.2, 0) is 4.74 Å². The lowest BCUT2D eigenvalue weighted by molar-refractivity contribution is 0.0931. The molecular weight excluding hydrogens is 214 g/mol. The van der Waals surface area contributed by atoms with E-state index < -0.39 is 0 Å². The van der Waals surface area contributed by atoms with Crippen LogP contribution in [0.15, 0.2) is 0 Å². The van der Waals surface area contributed by atoms with Crippen LogP contribution >= 0.6 is 0 Å². The van der Waals surface area contributed by atoms with Gasteiger partial charge in [0.05, 0.1) is 18.7 Å². The third-order valence-corrected chi connectivity index (χ3v) is 3.78. The standard InChI is InChI=1S/C13H23N3O/c14-5-7-16-10-8-15(9-11-16)6-1-3-13-4-2-12-17-13/h13H,1-4,6-12H2. The van der Waals surface area contributed by atoms with Crippen LogP contribution in [0.5, 0.6) is 0 Å². The van der Waals surface area contributed by atoms with Gasteiger partial charge in [0.2, 0.25) is 0 Å². The van der Waals surface area contributed by atoms with Gasteiger partial charge in [-0.3, -0.25) is 4.90 Å². The van der Waals surface area contributed by atoms with Gasteiger partial charge in [0.15, 0.2) is 0 Å². The predicted molar refractivity (Wildman–Crippen MR) is 66.7 cm³/mol. The quantitative estimate of drug-likeness (QED) is 0.671. The maximum absolute atomic E-state index is 8.63. The first-order valence-electron chi connectivity index (χ1n) is 6.82. The Morgan fingerprint density at radius 3 is 2.59 bits per heavy atom. The normalized spacial score (nSPS) is 27.1. The molecule has 17 heavy (non-hydrogen) atoms. The Morgan fingerprint density at radius 2 is 1.94 bits per heavy atom. The average Bonchev–Trinajstić information content (AvgIpc) is 2.85. The molecule has 0 radical (unpaired) electrons. The van der Waals surface area contributed by atoms with Crippen LogP contribution in [0.1, 0.15) is 25.7 Å². The average molecular weight is 237 g/mol. The SMILES string of the molecule is N#CCN1CCN(CCCC2CCCO2)CC1. The Hall–Kier alpha value is -0.630. The highest BCUT2D eigenvalue weighted by Crippen LogP contribution is 2.17. The largest absolute Gasteiger partial charge is 0.378 e. The molecule has 0 aromatic heterocycles. The van der Waals surface area contributed by atoms with Gasteiger partial charge in [-0.2, -0.15) is 5.26 Å². The minimum absolute atomic E-state index is 0.537. The minimum Gasteiger partial charge on any atom is -0.378 e. The number of nitriles is 1. The molecule has 0 aromatic rings. The second-order valence-corrected chi connectivity index (χ2v) is 5.05. The molecule has 0 aliphatic carbocycles. The van der Waals surface area contributed by atoms with E-state index in [1.54, 1.807) is 0 Å². The van der Waals surface area contributed by atoms with Crippen LogP contribution in [0.25, 0.3) is 0 Å². The zero-order valence-corrected chi connectivity index (χ0v) is 10.6. The van der Waals surface area contributed by atoms with Gasteiger partial charge in [0.1, 0.15) is 0 Å². The maximum atomic E-state index is 8.63. The van der Waals surface area contributed by atoms with Crippen molar-refractivity contribution in [3.63, 3.8) is 0 Å². The smallest absolute Gasteiger partial charge is 0.0866 e. The second kappa shape index (κ2) is 6.95. The highest BCUT2D eigenvalue weighted by atomic mass is 16.5. The van der Waals surface area contributed by atoms with E-state index in [-0.39, 0.29) is 0 Å². The van der Waals surface area contributed by atoms with E-state index >= 15 is 0 Å². The zero-order valence-electron chi connectivity index (χ0n) is 10.6. The van der Waals surface area contributed by atoms with E-state index in [1.807, 2.05) is 0 Å². The fourth-order valence-electron chi connectivity index (χ4n) is 2.69. The van der Waals surface area contributed by atoms with Crippen molar-refractivity contribution in [2.75, 3.05) is 45.9 Å². The molecule has 2 rings (SSSR count). The van der Waals surface area contributed by atoms with Crippen molar-refractivity contribution in [1.29, 1.82) is 5.26 Å². The van der Waals surface area contributed by atoms with Crippen LogP contribution < -0.4 is 0 Å². The molecule has 0 N–H and O–H groups in total. The molecule has 0 aromatic carbocycles. The topological polar surface area (TPSA) is 39.5 Å². The van der Waals surface area contributed by atoms with E-state index in [0.717, 1.165) is 32.8 Å². The Bertz CT molecular complexity index is 250. The second-order valence-electron chi connectivity index (χ2n) is 5.05. The van der Waals surface area contributed by atoms with Crippen LogP contribution in [0.3, 0.4) is 0 Å². The summed E-state index contributed by atoms with van der Waals surface area (Å²) in [5, 5.41) is 8.63. The lowest BCUT2D eigenvalue weighted by atomic mass is 10.1. The van der Waals surface area contributed by atoms with Gasteiger partial charge < -0.3 is 9.64 Å². The molecule has 4 heteroatoms. The van der Waals surface area contributed by atoms with Gasteiger partial charge >= 0.3 is 0 Å². The van der Waals surface area contributed by atoms with Crippen molar-refractivity contribution < 1.29 is 4.74 Å². The highest BCUT2D eigenvalue weighted by Gasteiger charge is 2.18. The summed E-state index contributed by atoms with van der Waals surface area (Å²) in [6.07, 6.45) is 5.52. The van der Waals surface area contributed by atoms with Crippen LogP contribution in [0.2, 0.25) is 0 Å². The van der Waals surface area contributed by atoms with Crippen molar-refractivity contribution in [2.24, 2.45) is 0 Å². The summed E-state index contributed by atoms with van der Waals surface area (Å²) in [6, 6.07) is 2.22. The number of hydrogen-bond acceptors (Lipinski definition) is 4. The summed E-state index contributed by atoms with van der Waals surface area (Å²) < 4.78 is 5.63. The fraction of sp³-hybridized carbons (Fsp3) is 0.923. The van der Waals surface area contributed by atoms with Crippen molar-refractivity contribution in [3.05, 3.63) is 0 Å². The van der Waals surface area contributed by atoms with Gasteiger partial charge in [-0.05, 0) is 32.2 Å². The first kappa shape index (κ1) is 12.8. The van der Waals surface area contributed by atoms with E-state index in [0.29, 0.717) is 12.6 Å². The van der Waals surface area contributed by atoms with Gasteiger partial charge in [0.25, 0.3) is 0 Å². The van der Waals surface area contributed by atoms with Gasteiger partial charge in [0, 0.05) is 32.8 Å². The van der Waals surface area contributed by atoms with Crippen molar-refractivity contribution in [2.45, 2.75) is 31.8 Å². The lowest BCUT2D eigenvalue weighted by Gasteiger charge is -2.33. The molecule has 4 nitrogen and oxygen atoms in total. The van der Waals surface area contributed by atoms with E-state index in [2.05, 4.69) is 15.9 Å². The number of piperazine rings is 1. The molecule has 0 amide bonds. The number of rotatable bonds is 5. The Balaban J connectivity index is 1.54. The molecular formula is C13H23N3O. The third-order valence-electron chi connectivity index (χ3n) is 3.78. The first-order valence-corrected chi connectivity index (χ1v) is 6.82. The third kappa shape index (κ3) is 4.27. The van der Waals surface area contributed by atoms with Gasteiger partial charge in [-0.15, -0.1) is 0 Å². The van der Waals surface area contributed by atoms with E-state index in [9.17, 15) is 0 Å². The Morgan fingerprint density at radius 1 is 1.18 bits per heavy atom. The van der Waals surface area contributed by atoms with E-state index in [4.69, 9.17) is 10.00 Å². The molecule has 2 aliphatic rings. The fourth-order valence-corrected chi connectivity index (χ4v) is 2.69. The summed E-state index contributed by atoms with van der Waals surface area (Å²) in [6.45, 7) is 7.09. The first-order chi connectivity index (χ1) is 8.38. The molecule has 1 atom stereocenters. The molecule has 96 valence electrons. The van der Waals surface area contributed by atoms with Gasteiger partial charge in [-0.1, -0.05) is 0 Å². The predicted octanol–water partition coefficient (Wildman–Crippen LogP) is 1.09. The Kier molecular flexibility index (Phi) is 5.24. The van der Waals surface area contributed by atoms with Crippen molar-refractivity contribution in [1.82, 2.24) is 9.80 Å². The number of ether oxygens (including phenoxy) is 1. The summed E-state index contributed by atoms with van der Waals surface area (Å²) in [4.78, 5) is 4.75. The minimum atomic E-state index is 0.537. The summed E-state index contributed by atoms with van der Waals surface area (Å²) in [5.41, 5.74) is 0. The molecule has 2 aliphatic heterocycles. The number of hydrogen-bond donors (Lipinski definition) is 0. The molecule has 0 saturated carbocycles. The molecule has 1 unspecified atom stereocenters. The molecule has 0 bridgehead atoms. The van der Waals surface area contributed by atoms with Crippen LogP contribution in [-0.4, -0.2) is 61.8 Å². The summed E-state index contributed by atoms with van der Waals surface area (Å²) in [7, 11) is 0.